The molecule has 35 heteroatoms. The molecule has 0 radical (unpaired) electrons. The molecule has 1 aromatic rings. The smallest absolute Gasteiger partial charge is 0.326 e. The molecule has 0 heterocycles. The number of hydrogen-bond donors (Lipinski definition) is 19. The van der Waals surface area contributed by atoms with Crippen LogP contribution in [0.5, 0.6) is 0 Å². The third-order valence-electron chi connectivity index (χ3n) is 12.8. The van der Waals surface area contributed by atoms with Crippen LogP contribution < -0.4 is 87.6 Å². The number of benzene rings is 1. The summed E-state index contributed by atoms with van der Waals surface area (Å²) in [6, 6.07) is -7.68. The second-order valence-electron chi connectivity index (χ2n) is 20.7. The number of aliphatic carboxylic acids is 2. The van der Waals surface area contributed by atoms with Crippen LogP contribution in [-0.2, 0) is 73.5 Å². The van der Waals surface area contributed by atoms with Gasteiger partial charge in [0.15, 0.2) is 5.96 Å². The van der Waals surface area contributed by atoms with Crippen molar-refractivity contribution in [3.63, 3.8) is 0 Å². The Hall–Kier alpha value is -8.70. The van der Waals surface area contributed by atoms with E-state index < -0.39 is 182 Å². The first-order chi connectivity index (χ1) is 41.5. The minimum Gasteiger partial charge on any atom is -0.481 e. The Morgan fingerprint density at radius 3 is 1.44 bits per heavy atom. The summed E-state index contributed by atoms with van der Waals surface area (Å²) < 4.78 is 0. The fourth-order valence-electron chi connectivity index (χ4n) is 8.17. The summed E-state index contributed by atoms with van der Waals surface area (Å²) in [6.07, 6.45) is -1.16. The van der Waals surface area contributed by atoms with Gasteiger partial charge in [-0.2, -0.15) is 11.8 Å². The predicted molar refractivity (Wildman–Crippen MR) is 319 cm³/mol. The maximum atomic E-state index is 14.1. The first-order valence-electron chi connectivity index (χ1n) is 28.1. The van der Waals surface area contributed by atoms with Crippen molar-refractivity contribution in [2.24, 2.45) is 45.3 Å². The third-order valence-corrected chi connectivity index (χ3v) is 13.4. The fraction of sp³-hybridized carbons (Fsp3) is 0.604. The minimum atomic E-state index is -2.14. The zero-order valence-electron chi connectivity index (χ0n) is 49.6. The maximum Gasteiger partial charge on any atom is 0.326 e. The molecule has 492 valence electrons. The molecule has 1 aromatic carbocycles. The lowest BCUT2D eigenvalue weighted by Gasteiger charge is -2.27. The number of aliphatic hydroxyl groups is 1. The monoisotopic (exact) mass is 1270 g/mol. The Morgan fingerprint density at radius 1 is 0.511 bits per heavy atom. The van der Waals surface area contributed by atoms with Crippen molar-refractivity contribution in [1.29, 1.82) is 0 Å². The largest absolute Gasteiger partial charge is 0.481 e. The number of carbonyl (C=O) groups is 14. The molecule has 0 spiro atoms. The molecule has 10 atom stereocenters. The Balaban J connectivity index is 3.52. The molecule has 0 aliphatic rings. The van der Waals surface area contributed by atoms with Gasteiger partial charge in [0.25, 0.3) is 0 Å². The molecule has 0 aliphatic heterocycles. The number of carbonyl (C=O) groups excluding carboxylic acids is 12. The zero-order chi connectivity index (χ0) is 66.6. The normalized spacial score (nSPS) is 14.3. The van der Waals surface area contributed by atoms with E-state index in [1.165, 1.54) is 18.7 Å². The van der Waals surface area contributed by atoms with Crippen LogP contribution in [-0.4, -0.2) is 203 Å². The molecule has 0 aromatic heterocycles. The van der Waals surface area contributed by atoms with Gasteiger partial charge in [-0.3, -0.25) is 67.3 Å². The topological polar surface area (TPSA) is 588 Å². The SMILES string of the molecule is CSCC[C@H](NC(=O)CN)C(=O)N[C@@H](Cc1ccccc1)C(=O)N[C@@H](C)C(=O)N[C@@H](CCCN=C(N)N)C(=O)N[C@@H](CCC(N)=O)C(=O)N[C@@H](CO)C(=O)N[C@@H](CC(=O)O)C(=O)N[C@@H](CC(N)=O)C(=O)N[C@@H](CCCCN)C(=O)N[C@@H](CC(C)C)C(=O)O. The molecule has 88 heavy (non-hydrogen) atoms. The molecule has 34 nitrogen and oxygen atoms in total. The summed E-state index contributed by atoms with van der Waals surface area (Å²) in [5.41, 5.74) is 33.3. The summed E-state index contributed by atoms with van der Waals surface area (Å²) in [7, 11) is 0. The van der Waals surface area contributed by atoms with Crippen molar-refractivity contribution in [3.05, 3.63) is 35.9 Å². The van der Waals surface area contributed by atoms with E-state index in [2.05, 4.69) is 52.8 Å². The van der Waals surface area contributed by atoms with Gasteiger partial charge in [0.05, 0.1) is 26.0 Å². The molecule has 0 saturated heterocycles. The van der Waals surface area contributed by atoms with E-state index >= 15 is 0 Å². The van der Waals surface area contributed by atoms with Crippen molar-refractivity contribution in [1.82, 2.24) is 53.2 Å². The Morgan fingerprint density at radius 2 is 0.966 bits per heavy atom. The van der Waals surface area contributed by atoms with Crippen LogP contribution in [0.4, 0.5) is 0 Å². The number of nitrogens with one attached hydrogen (secondary N) is 10. The van der Waals surface area contributed by atoms with Crippen LogP contribution in [0.1, 0.15) is 97.0 Å². The summed E-state index contributed by atoms with van der Waals surface area (Å²) in [6.45, 7) is 3.11. The number of guanidine groups is 1. The van der Waals surface area contributed by atoms with Gasteiger partial charge in [-0.15, -0.1) is 0 Å². The number of hydrogen-bond acceptors (Lipinski definition) is 19. The molecule has 1 rings (SSSR count). The van der Waals surface area contributed by atoms with Crippen molar-refractivity contribution >= 4 is 101 Å². The lowest BCUT2D eigenvalue weighted by atomic mass is 10.0. The second kappa shape index (κ2) is 41.4. The van der Waals surface area contributed by atoms with E-state index in [0.717, 1.165) is 0 Å². The van der Waals surface area contributed by atoms with Gasteiger partial charge in [-0.25, -0.2) is 4.79 Å². The van der Waals surface area contributed by atoms with Gasteiger partial charge in [-0.1, -0.05) is 44.2 Å². The zero-order valence-corrected chi connectivity index (χ0v) is 50.5. The summed E-state index contributed by atoms with van der Waals surface area (Å²) in [5.74, 6) is -15.8. The predicted octanol–water partition coefficient (Wildman–Crippen LogP) is -7.27. The molecule has 0 saturated carbocycles. The number of nitrogens with two attached hydrogens (primary N) is 6. The van der Waals surface area contributed by atoms with E-state index in [9.17, 15) is 82.4 Å². The van der Waals surface area contributed by atoms with Gasteiger partial charge >= 0.3 is 11.9 Å². The van der Waals surface area contributed by atoms with Crippen LogP contribution in [0.15, 0.2) is 35.3 Å². The Kier molecular flexibility index (Phi) is 36.4. The standard InChI is InChI=1S/C53H87N17O17S/c1-27(2)21-37(52(86)87)69-45(79)30(13-8-9-18-54)64-49(83)35(23-40(57)73)67-50(84)36(24-42(75)76)68-51(85)38(26-71)70-46(80)32(15-16-39(56)72)65-44(78)31(14-10-19-60-53(58)59)63-43(77)28(3)61-48(82)34(22-29-11-6-5-7-12-29)66-47(81)33(17-20-88-4)62-41(74)25-55/h5-7,11-12,27-28,30-38,71H,8-10,13-26,54-55H2,1-4H3,(H2,56,72)(H2,57,73)(H,61,82)(H,62,74)(H,63,77)(H,64,83)(H,65,78)(H,66,81)(H,67,84)(H,68,85)(H,69,79)(H,70,80)(H,75,76)(H,86,87)(H4,58,59,60)/t28-,30-,31-,32-,33-,34-,35-,36-,37-,38-/m0/s1. The number of unbranched alkanes of at least 4 members (excludes halogenated alkanes) is 1. The van der Waals surface area contributed by atoms with E-state index in [1.807, 2.05) is 5.32 Å². The van der Waals surface area contributed by atoms with Crippen molar-refractivity contribution in [2.45, 2.75) is 158 Å². The number of amides is 12. The van der Waals surface area contributed by atoms with E-state index in [4.69, 9.17) is 34.4 Å². The van der Waals surface area contributed by atoms with E-state index in [-0.39, 0.29) is 69.9 Å². The quantitative estimate of drug-likeness (QED) is 0.0164. The minimum absolute atomic E-state index is 0.00495. The highest BCUT2D eigenvalue weighted by molar-refractivity contribution is 7.98. The molecule has 0 fully saturated rings. The molecular weight excluding hydrogens is 1180 g/mol. The molecule has 0 aliphatic carbocycles. The van der Waals surface area contributed by atoms with Gasteiger partial charge in [0.1, 0.15) is 60.4 Å². The van der Waals surface area contributed by atoms with E-state index in [0.29, 0.717) is 17.7 Å². The molecule has 0 bridgehead atoms. The van der Waals surface area contributed by atoms with E-state index in [1.54, 1.807) is 50.4 Å². The number of aliphatic imine (C=N–C) groups is 1. The Labute approximate surface area is 512 Å². The number of thioether (sulfide) groups is 1. The third kappa shape index (κ3) is 31.1. The number of carboxylic acids is 2. The highest BCUT2D eigenvalue weighted by Crippen LogP contribution is 2.11. The van der Waals surface area contributed by atoms with Crippen molar-refractivity contribution in [2.75, 3.05) is 38.2 Å². The van der Waals surface area contributed by atoms with Crippen LogP contribution in [0.3, 0.4) is 0 Å². The average molecular weight is 1270 g/mol. The highest BCUT2D eigenvalue weighted by atomic mass is 32.2. The lowest BCUT2D eigenvalue weighted by molar-refractivity contribution is -0.143. The Bertz CT molecular complexity index is 2580. The van der Waals surface area contributed by atoms with Crippen LogP contribution >= 0.6 is 11.8 Å². The number of nitrogens with zero attached hydrogens (tertiary/aromatic N) is 1. The van der Waals surface area contributed by atoms with Crippen LogP contribution in [0.25, 0.3) is 0 Å². The molecule has 0 unspecified atom stereocenters. The average Bonchev–Trinajstić information content (AvgIpc) is 2.08. The number of aliphatic hydroxyl groups excluding tert-OH is 1. The second-order valence-corrected chi connectivity index (χ2v) is 21.7. The van der Waals surface area contributed by atoms with Crippen LogP contribution in [0, 0.1) is 5.92 Å². The van der Waals surface area contributed by atoms with Crippen molar-refractivity contribution < 1.29 is 82.4 Å². The van der Waals surface area contributed by atoms with Gasteiger partial charge in [0, 0.05) is 19.4 Å². The first-order valence-corrected chi connectivity index (χ1v) is 29.5. The molecule has 12 amide bonds. The lowest BCUT2D eigenvalue weighted by Crippen LogP contribution is -2.61. The summed E-state index contributed by atoms with van der Waals surface area (Å²) >= 11 is 1.40. The van der Waals surface area contributed by atoms with Crippen LogP contribution in [0.2, 0.25) is 0 Å². The fourth-order valence-corrected chi connectivity index (χ4v) is 8.64. The molecule has 25 N–H and O–H groups in total. The van der Waals surface area contributed by atoms with Gasteiger partial charge < -0.3 is 103 Å². The highest BCUT2D eigenvalue weighted by Gasteiger charge is 2.36. The number of carboxylic acid groups (broad SMARTS) is 2. The van der Waals surface area contributed by atoms with Gasteiger partial charge in [0.2, 0.25) is 70.9 Å². The van der Waals surface area contributed by atoms with Crippen molar-refractivity contribution in [3.8, 4) is 0 Å². The van der Waals surface area contributed by atoms with Gasteiger partial charge in [-0.05, 0) is 88.3 Å². The molecular formula is C53H87N17O17S. The number of rotatable bonds is 44. The number of primary amides is 2. The summed E-state index contributed by atoms with van der Waals surface area (Å²) in [5, 5.41) is 53.3. The maximum absolute atomic E-state index is 14.1. The summed E-state index contributed by atoms with van der Waals surface area (Å²) in [4.78, 5) is 188. The first kappa shape index (κ1) is 77.3.